The summed E-state index contributed by atoms with van der Waals surface area (Å²) in [6.45, 7) is 4.01. The highest BCUT2D eigenvalue weighted by Gasteiger charge is 1.93. The van der Waals surface area contributed by atoms with Crippen LogP contribution >= 0.6 is 0 Å². The summed E-state index contributed by atoms with van der Waals surface area (Å²) in [5.74, 6) is 0.395. The molecule has 0 unspecified atom stereocenters. The lowest BCUT2D eigenvalue weighted by Gasteiger charge is -1.91. The second kappa shape index (κ2) is 49.3. The lowest BCUT2D eigenvalue weighted by Crippen LogP contribution is -1.92. The van der Waals surface area contributed by atoms with Crippen LogP contribution in [0.5, 0.6) is 0 Å². The summed E-state index contributed by atoms with van der Waals surface area (Å²) < 4.78 is 0. The molecule has 0 atom stereocenters. The standard InChI is InChI=1S/C7H14O.7CH4/c1-3-5-6-7(8)4-2;;;;;;;/h3-6H2,1-2H3;7*1H4. The molecule has 0 aliphatic rings. The highest BCUT2D eigenvalue weighted by Crippen LogP contribution is 1.96. The quantitative estimate of drug-likeness (QED) is 0.527. The van der Waals surface area contributed by atoms with Gasteiger partial charge < -0.3 is 0 Å². The average molecular weight is 226 g/mol. The number of unbranched alkanes of at least 4 members (excludes halogenated alkanes) is 1. The molecule has 15 heavy (non-hydrogen) atoms. The van der Waals surface area contributed by atoms with Crippen molar-refractivity contribution in [2.24, 2.45) is 0 Å². The van der Waals surface area contributed by atoms with Gasteiger partial charge in [0, 0.05) is 12.8 Å². The van der Waals surface area contributed by atoms with Crippen molar-refractivity contribution in [1.82, 2.24) is 0 Å². The van der Waals surface area contributed by atoms with Gasteiger partial charge in [-0.3, -0.25) is 4.79 Å². The largest absolute Gasteiger partial charge is 0.300 e. The maximum Gasteiger partial charge on any atom is 0.132 e. The van der Waals surface area contributed by atoms with E-state index < -0.39 is 0 Å². The van der Waals surface area contributed by atoms with Crippen LogP contribution in [0.1, 0.15) is 91.5 Å². The van der Waals surface area contributed by atoms with E-state index in [4.69, 9.17) is 0 Å². The zero-order valence-corrected chi connectivity index (χ0v) is 5.74. The first kappa shape index (κ1) is 61.6. The van der Waals surface area contributed by atoms with Crippen LogP contribution in [0, 0.1) is 0 Å². The van der Waals surface area contributed by atoms with Crippen LogP contribution < -0.4 is 0 Å². The first-order chi connectivity index (χ1) is 3.81. The maximum atomic E-state index is 10.6. The Labute approximate surface area is 103 Å². The number of rotatable bonds is 4. The average Bonchev–Trinajstić information content (AvgIpc) is 1.83. The third-order valence-electron chi connectivity index (χ3n) is 1.20. The van der Waals surface area contributed by atoms with Gasteiger partial charge in [0.25, 0.3) is 0 Å². The summed E-state index contributed by atoms with van der Waals surface area (Å²) in [5, 5.41) is 0. The molecule has 1 heteroatoms. The van der Waals surface area contributed by atoms with Gasteiger partial charge in [0.15, 0.2) is 0 Å². The summed E-state index contributed by atoms with van der Waals surface area (Å²) in [6.07, 6.45) is 3.69. The molecule has 0 saturated carbocycles. The van der Waals surface area contributed by atoms with Crippen molar-refractivity contribution < 1.29 is 4.79 Å². The summed E-state index contributed by atoms with van der Waals surface area (Å²) in [6, 6.07) is 0. The fourth-order valence-electron chi connectivity index (χ4n) is 0.551. The molecule has 0 spiro atoms. The minimum Gasteiger partial charge on any atom is -0.300 e. The van der Waals surface area contributed by atoms with E-state index in [0.717, 1.165) is 19.3 Å². The topological polar surface area (TPSA) is 17.1 Å². The predicted molar refractivity (Wildman–Crippen MR) is 81.9 cm³/mol. The summed E-state index contributed by atoms with van der Waals surface area (Å²) in [7, 11) is 0. The van der Waals surface area contributed by atoms with Crippen molar-refractivity contribution in [2.45, 2.75) is 91.5 Å². The molecule has 0 N–H and O–H groups in total. The van der Waals surface area contributed by atoms with Crippen LogP contribution in [0.4, 0.5) is 0 Å². The summed E-state index contributed by atoms with van der Waals surface area (Å²) >= 11 is 0. The normalized spacial score (nSPS) is 4.93. The van der Waals surface area contributed by atoms with Gasteiger partial charge in [-0.15, -0.1) is 0 Å². The second-order valence-corrected chi connectivity index (χ2v) is 2.00. The third-order valence-corrected chi connectivity index (χ3v) is 1.20. The molecule has 0 aliphatic heterocycles. The predicted octanol–water partition coefficient (Wildman–Crippen LogP) is 6.61. The highest BCUT2D eigenvalue weighted by molar-refractivity contribution is 5.77. The Morgan fingerprint density at radius 2 is 1.13 bits per heavy atom. The molecule has 0 aromatic carbocycles. The zero-order chi connectivity index (χ0) is 6.41. The molecule has 0 amide bonds. The van der Waals surface area contributed by atoms with Crippen LogP contribution in [0.25, 0.3) is 0 Å². The number of Topliss-reactive ketones (excluding diaryl/α,β-unsaturated/α-hetero) is 1. The van der Waals surface area contributed by atoms with Gasteiger partial charge in [0.2, 0.25) is 0 Å². The lowest BCUT2D eigenvalue weighted by atomic mass is 10.1. The molecule has 0 radical (unpaired) electrons. The van der Waals surface area contributed by atoms with E-state index in [-0.39, 0.29) is 52.0 Å². The van der Waals surface area contributed by atoms with E-state index in [1.807, 2.05) is 6.92 Å². The van der Waals surface area contributed by atoms with E-state index in [1.165, 1.54) is 0 Å². The molecule has 0 aromatic rings. The minimum atomic E-state index is 0. The Balaban J connectivity index is -0.0000000117. The van der Waals surface area contributed by atoms with Crippen molar-refractivity contribution in [3.63, 3.8) is 0 Å². The molecule has 0 fully saturated rings. The summed E-state index contributed by atoms with van der Waals surface area (Å²) in [4.78, 5) is 10.6. The van der Waals surface area contributed by atoms with Gasteiger partial charge in [0.1, 0.15) is 5.78 Å². The number of carbonyl (C=O) groups is 1. The van der Waals surface area contributed by atoms with Crippen molar-refractivity contribution in [3.05, 3.63) is 0 Å². The number of ketones is 1. The van der Waals surface area contributed by atoms with E-state index in [0.29, 0.717) is 12.2 Å². The number of hydrogen-bond donors (Lipinski definition) is 0. The van der Waals surface area contributed by atoms with Crippen molar-refractivity contribution in [3.8, 4) is 0 Å². The first-order valence-corrected chi connectivity index (χ1v) is 3.33. The molecular formula is C14H42O. The van der Waals surface area contributed by atoms with Crippen LogP contribution in [0.3, 0.4) is 0 Å². The molecule has 0 aromatic heterocycles. The zero-order valence-electron chi connectivity index (χ0n) is 5.74. The van der Waals surface area contributed by atoms with Crippen molar-refractivity contribution >= 4 is 5.78 Å². The van der Waals surface area contributed by atoms with Gasteiger partial charge in [0.05, 0.1) is 0 Å². The summed E-state index contributed by atoms with van der Waals surface area (Å²) in [5.41, 5.74) is 0. The molecule has 0 aliphatic carbocycles. The number of hydrogen-bond acceptors (Lipinski definition) is 1. The SMILES string of the molecule is C.C.C.C.C.C.C.CCCCC(=O)CC. The Kier molecular flexibility index (Phi) is 203. The van der Waals surface area contributed by atoms with Gasteiger partial charge in [-0.25, -0.2) is 0 Å². The number of carbonyl (C=O) groups excluding carboxylic acids is 1. The molecule has 0 saturated heterocycles. The Bertz CT molecular complexity index is 67.7. The maximum absolute atomic E-state index is 10.6. The fraction of sp³-hybridized carbons (Fsp3) is 0.929. The van der Waals surface area contributed by atoms with Crippen molar-refractivity contribution in [2.75, 3.05) is 0 Å². The lowest BCUT2D eigenvalue weighted by molar-refractivity contribution is -0.118. The smallest absolute Gasteiger partial charge is 0.132 e. The van der Waals surface area contributed by atoms with E-state index in [1.54, 1.807) is 0 Å². The van der Waals surface area contributed by atoms with Gasteiger partial charge in [-0.05, 0) is 6.42 Å². The van der Waals surface area contributed by atoms with E-state index >= 15 is 0 Å². The van der Waals surface area contributed by atoms with Crippen molar-refractivity contribution in [1.29, 1.82) is 0 Å². The van der Waals surface area contributed by atoms with Gasteiger partial charge in [-0.1, -0.05) is 72.3 Å². The molecule has 0 heterocycles. The molecule has 1 nitrogen and oxygen atoms in total. The minimum absolute atomic E-state index is 0. The van der Waals surface area contributed by atoms with Crippen LogP contribution in [-0.2, 0) is 4.79 Å². The van der Waals surface area contributed by atoms with Crippen LogP contribution in [0.2, 0.25) is 0 Å². The molecule has 0 rings (SSSR count). The molecule has 104 valence electrons. The Morgan fingerprint density at radius 1 is 0.800 bits per heavy atom. The van der Waals surface area contributed by atoms with Crippen LogP contribution in [0.15, 0.2) is 0 Å². The van der Waals surface area contributed by atoms with Gasteiger partial charge >= 0.3 is 0 Å². The monoisotopic (exact) mass is 226 g/mol. The molecule has 0 bridgehead atoms. The Morgan fingerprint density at radius 3 is 1.33 bits per heavy atom. The van der Waals surface area contributed by atoms with E-state index in [2.05, 4.69) is 6.92 Å². The fourth-order valence-corrected chi connectivity index (χ4v) is 0.551. The van der Waals surface area contributed by atoms with E-state index in [9.17, 15) is 4.79 Å². The van der Waals surface area contributed by atoms with Crippen LogP contribution in [-0.4, -0.2) is 5.78 Å². The molecular weight excluding hydrogens is 184 g/mol. The third kappa shape index (κ3) is 57.9. The first-order valence-electron chi connectivity index (χ1n) is 3.33. The second-order valence-electron chi connectivity index (χ2n) is 2.00. The Hall–Kier alpha value is -0.330. The highest BCUT2D eigenvalue weighted by atomic mass is 16.1. The van der Waals surface area contributed by atoms with Gasteiger partial charge in [-0.2, -0.15) is 0 Å².